The van der Waals surface area contributed by atoms with E-state index in [-0.39, 0.29) is 29.7 Å². The van der Waals surface area contributed by atoms with E-state index in [1.54, 1.807) is 18.2 Å². The van der Waals surface area contributed by atoms with Crippen molar-refractivity contribution < 1.29 is 37.4 Å². The van der Waals surface area contributed by atoms with Crippen molar-refractivity contribution in [2.45, 2.75) is 25.3 Å². The van der Waals surface area contributed by atoms with E-state index in [9.17, 15) is 18.8 Å². The Hall–Kier alpha value is -5.26. The quantitative estimate of drug-likeness (QED) is 0.250. The topological polar surface area (TPSA) is 110 Å². The molecule has 1 unspecified atom stereocenters. The van der Waals surface area contributed by atoms with Crippen molar-refractivity contribution in [3.05, 3.63) is 78.5 Å². The molecule has 0 spiro atoms. The van der Waals surface area contributed by atoms with Crippen molar-refractivity contribution in [2.75, 3.05) is 31.0 Å². The normalized spacial score (nSPS) is 17.0. The first-order chi connectivity index (χ1) is 21.3. The molecule has 1 N–H and O–H groups in total. The van der Waals surface area contributed by atoms with E-state index >= 15 is 4.39 Å². The summed E-state index contributed by atoms with van der Waals surface area (Å²) in [6.45, 7) is -0.112. The number of nitrogens with one attached hydrogen (secondary N) is 1. The number of benzene rings is 3. The maximum absolute atomic E-state index is 15.3. The van der Waals surface area contributed by atoms with E-state index in [4.69, 9.17) is 14.2 Å². The number of hydrogen-bond donors (Lipinski definition) is 1. The number of urea groups is 1. The maximum Gasteiger partial charge on any atom is 0.331 e. The average Bonchev–Trinajstić information content (AvgIpc) is 2.99. The van der Waals surface area contributed by atoms with Gasteiger partial charge in [0.15, 0.2) is 23.1 Å². The lowest BCUT2D eigenvalue weighted by atomic mass is 9.89. The third kappa shape index (κ3) is 5.34. The molecule has 1 aromatic heterocycles. The van der Waals surface area contributed by atoms with Gasteiger partial charge in [0.25, 0.3) is 0 Å². The van der Waals surface area contributed by atoms with Gasteiger partial charge in [-0.1, -0.05) is 0 Å². The molecule has 0 bridgehead atoms. The molecule has 226 valence electrons. The van der Waals surface area contributed by atoms with Gasteiger partial charge in [0.05, 0.1) is 25.4 Å². The second kappa shape index (κ2) is 11.8. The molecule has 2 heterocycles. The molecule has 4 amide bonds. The molecule has 1 saturated heterocycles. The molecule has 1 aliphatic carbocycles. The fourth-order valence-electron chi connectivity index (χ4n) is 5.30. The number of nitrogens with zero attached hydrogens (tertiary/aromatic N) is 3. The Kier molecular flexibility index (Phi) is 7.73. The predicted octanol–water partition coefficient (Wildman–Crippen LogP) is 5.90. The Bertz CT molecular complexity index is 1760. The Morgan fingerprint density at radius 3 is 2.30 bits per heavy atom. The van der Waals surface area contributed by atoms with Gasteiger partial charge in [-0.05, 0) is 67.8 Å². The monoisotopic (exact) mass is 602 g/mol. The van der Waals surface area contributed by atoms with Crippen LogP contribution in [0, 0.1) is 17.6 Å². The van der Waals surface area contributed by atoms with Crippen LogP contribution in [0.3, 0.4) is 0 Å². The van der Waals surface area contributed by atoms with Gasteiger partial charge in [-0.15, -0.1) is 0 Å². The molecule has 44 heavy (non-hydrogen) atoms. The highest BCUT2D eigenvalue weighted by atomic mass is 19.1. The van der Waals surface area contributed by atoms with Gasteiger partial charge in [0, 0.05) is 42.0 Å². The third-order valence-electron chi connectivity index (χ3n) is 7.88. The van der Waals surface area contributed by atoms with Gasteiger partial charge in [-0.2, -0.15) is 0 Å². The highest BCUT2D eigenvalue weighted by molar-refractivity contribution is 6.23. The minimum absolute atomic E-state index is 0.0964. The first-order valence-electron chi connectivity index (χ1n) is 14.0. The number of fused-ring (bicyclic) bond motifs is 1. The largest absolute Gasteiger partial charge is 0.493 e. The number of pyridine rings is 1. The smallest absolute Gasteiger partial charge is 0.331 e. The van der Waals surface area contributed by atoms with Gasteiger partial charge < -0.3 is 24.4 Å². The van der Waals surface area contributed by atoms with Crippen molar-refractivity contribution in [1.82, 2.24) is 9.88 Å². The Balaban J connectivity index is 1.22. The van der Waals surface area contributed by atoms with Crippen LogP contribution in [0.2, 0.25) is 0 Å². The van der Waals surface area contributed by atoms with Gasteiger partial charge in [-0.3, -0.25) is 14.6 Å². The van der Waals surface area contributed by atoms with Crippen molar-refractivity contribution in [3.8, 4) is 23.0 Å². The van der Waals surface area contributed by atoms with Gasteiger partial charge in [0.2, 0.25) is 11.8 Å². The highest BCUT2D eigenvalue weighted by Gasteiger charge is 2.46. The minimum Gasteiger partial charge on any atom is -0.493 e. The van der Waals surface area contributed by atoms with Gasteiger partial charge in [-0.25, -0.2) is 18.5 Å². The number of carbonyl (C=O) groups is 3. The van der Waals surface area contributed by atoms with Crippen LogP contribution in [-0.2, 0) is 9.59 Å². The lowest BCUT2D eigenvalue weighted by Gasteiger charge is -2.44. The summed E-state index contributed by atoms with van der Waals surface area (Å²) in [4.78, 5) is 46.9. The highest BCUT2D eigenvalue weighted by Crippen LogP contribution is 2.38. The van der Waals surface area contributed by atoms with E-state index in [1.165, 1.54) is 49.6 Å². The van der Waals surface area contributed by atoms with Crippen LogP contribution in [0.25, 0.3) is 10.9 Å². The number of methoxy groups -OCH3 is 2. The molecular weight excluding hydrogens is 574 g/mol. The summed E-state index contributed by atoms with van der Waals surface area (Å²) in [5, 5.41) is 3.17. The number of rotatable bonds is 8. The van der Waals surface area contributed by atoms with Crippen molar-refractivity contribution >= 4 is 40.1 Å². The van der Waals surface area contributed by atoms with Gasteiger partial charge in [0.1, 0.15) is 17.5 Å². The zero-order valence-electron chi connectivity index (χ0n) is 23.9. The number of hydrogen-bond acceptors (Lipinski definition) is 7. The number of carbonyl (C=O) groups excluding carboxylic acids is 3. The molecule has 1 atom stereocenters. The predicted molar refractivity (Wildman–Crippen MR) is 157 cm³/mol. The SMILES string of the molecule is COc1cc2nccc(Oc3ccc(NC(=O)C4CN(C5CCC5)C(=O)N(c5ccc(F)cc5)C4=O)cc3F)c2cc1OC. The summed E-state index contributed by atoms with van der Waals surface area (Å²) in [5.41, 5.74) is 0.806. The van der Waals surface area contributed by atoms with E-state index in [2.05, 4.69) is 10.3 Å². The molecule has 6 rings (SSSR count). The van der Waals surface area contributed by atoms with Gasteiger partial charge >= 0.3 is 6.03 Å². The number of ether oxygens (including phenoxy) is 3. The fourth-order valence-corrected chi connectivity index (χ4v) is 5.30. The van der Waals surface area contributed by atoms with E-state index in [0.717, 1.165) is 42.4 Å². The van der Waals surface area contributed by atoms with E-state index in [0.29, 0.717) is 28.2 Å². The van der Waals surface area contributed by atoms with Crippen LogP contribution >= 0.6 is 0 Å². The van der Waals surface area contributed by atoms with E-state index < -0.39 is 35.4 Å². The molecule has 12 heteroatoms. The molecule has 1 aliphatic heterocycles. The minimum atomic E-state index is -1.26. The zero-order valence-corrected chi connectivity index (χ0v) is 23.9. The standard InChI is InChI=1S/C32H28F2N4O6/c1-42-28-15-22-25(16-29(28)43-2)35-13-12-26(22)44-27-11-8-19(14-24(27)34)36-30(39)23-17-37(20-4-3-5-20)32(41)38(31(23)40)21-9-6-18(33)7-10-21/h6-16,20,23H,3-5,17H2,1-2H3,(H,36,39). The van der Waals surface area contributed by atoms with Crippen LogP contribution in [0.1, 0.15) is 19.3 Å². The van der Waals surface area contributed by atoms with Crippen LogP contribution < -0.4 is 24.4 Å². The number of amides is 4. The number of aromatic nitrogens is 1. The number of anilines is 2. The third-order valence-corrected chi connectivity index (χ3v) is 7.88. The summed E-state index contributed by atoms with van der Waals surface area (Å²) in [6, 6.07) is 13.1. The molecule has 3 aromatic carbocycles. The molecule has 2 aliphatic rings. The average molecular weight is 603 g/mol. The summed E-state index contributed by atoms with van der Waals surface area (Å²) >= 11 is 0. The van der Waals surface area contributed by atoms with E-state index in [1.807, 2.05) is 0 Å². The zero-order chi connectivity index (χ0) is 31.0. The summed E-state index contributed by atoms with van der Waals surface area (Å²) < 4.78 is 45.4. The van der Waals surface area contributed by atoms with Crippen LogP contribution in [0.5, 0.6) is 23.0 Å². The fraction of sp³-hybridized carbons (Fsp3) is 0.250. The molecular formula is C32H28F2N4O6. The molecule has 0 radical (unpaired) electrons. The van der Waals surface area contributed by atoms with Crippen LogP contribution in [0.4, 0.5) is 25.0 Å². The van der Waals surface area contributed by atoms with Crippen molar-refractivity contribution in [1.29, 1.82) is 0 Å². The molecule has 10 nitrogen and oxygen atoms in total. The molecule has 1 saturated carbocycles. The summed E-state index contributed by atoms with van der Waals surface area (Å²) in [7, 11) is 3.01. The second-order valence-electron chi connectivity index (χ2n) is 10.5. The lowest BCUT2D eigenvalue weighted by Crippen LogP contribution is -2.63. The summed E-state index contributed by atoms with van der Waals surface area (Å²) in [6.07, 6.45) is 3.96. The Morgan fingerprint density at radius 1 is 0.909 bits per heavy atom. The lowest BCUT2D eigenvalue weighted by molar-refractivity contribution is -0.132. The number of halogens is 2. The first kappa shape index (κ1) is 28.8. The number of imide groups is 1. The maximum atomic E-state index is 15.3. The van der Waals surface area contributed by atoms with Crippen molar-refractivity contribution in [3.63, 3.8) is 0 Å². The Morgan fingerprint density at radius 2 is 1.64 bits per heavy atom. The molecule has 4 aromatic rings. The first-order valence-corrected chi connectivity index (χ1v) is 14.0. The summed E-state index contributed by atoms with van der Waals surface area (Å²) in [5.74, 6) is -2.85. The second-order valence-corrected chi connectivity index (χ2v) is 10.5. The van der Waals surface area contributed by atoms with Crippen LogP contribution in [-0.4, -0.2) is 54.5 Å². The van der Waals surface area contributed by atoms with Crippen molar-refractivity contribution in [2.24, 2.45) is 5.92 Å². The molecule has 2 fully saturated rings. The Labute approximate surface area is 251 Å². The van der Waals surface area contributed by atoms with Crippen LogP contribution in [0.15, 0.2) is 66.9 Å².